The van der Waals surface area contributed by atoms with Gasteiger partial charge in [-0.15, -0.1) is 16.7 Å². The van der Waals surface area contributed by atoms with E-state index in [0.29, 0.717) is 18.0 Å². The summed E-state index contributed by atoms with van der Waals surface area (Å²) in [5, 5.41) is 5.22. The van der Waals surface area contributed by atoms with E-state index in [9.17, 15) is 4.79 Å². The molecule has 3 nitrogen and oxygen atoms in total. The Morgan fingerprint density at radius 2 is 2.60 bits per heavy atom. The molecular weight excluding hydrogens is 172 g/mol. The highest BCUT2D eigenvalue weighted by molar-refractivity contribution is 7.03. The molecule has 0 atom stereocenters. The predicted molar refractivity (Wildman–Crippen MR) is 39.6 cm³/mol. The number of nitrogens with zero attached hydrogens (tertiary/aromatic N) is 2. The third kappa shape index (κ3) is 1.75. The average molecular weight is 177 g/mol. The van der Waals surface area contributed by atoms with E-state index < -0.39 is 0 Å². The maximum Gasteiger partial charge on any atom is 0.185 e. The third-order valence-corrected chi connectivity index (χ3v) is 1.66. The molecule has 0 aromatic carbocycles. The zero-order valence-electron chi connectivity index (χ0n) is 5.08. The monoisotopic (exact) mass is 176 g/mol. The molecule has 0 aliphatic rings. The van der Waals surface area contributed by atoms with Gasteiger partial charge < -0.3 is 0 Å². The summed E-state index contributed by atoms with van der Waals surface area (Å²) in [5.41, 5.74) is 0.422. The molecule has 0 N–H and O–H groups in total. The van der Waals surface area contributed by atoms with Crippen molar-refractivity contribution >= 4 is 28.9 Å². The molecule has 0 saturated carbocycles. The van der Waals surface area contributed by atoms with Gasteiger partial charge in [-0.3, -0.25) is 4.79 Å². The molecule has 1 aromatic heterocycles. The minimum atomic E-state index is -0.0382. The van der Waals surface area contributed by atoms with Crippen LogP contribution in [-0.2, 0) is 0 Å². The number of ketones is 1. The van der Waals surface area contributed by atoms with Gasteiger partial charge in [0.25, 0.3) is 0 Å². The maximum absolute atomic E-state index is 10.9. The molecule has 0 saturated heterocycles. The SMILES string of the molecule is O=C(CCCl)c1csnn1. The summed E-state index contributed by atoms with van der Waals surface area (Å²) in [7, 11) is 0. The van der Waals surface area contributed by atoms with Crippen LogP contribution in [0, 0.1) is 0 Å². The normalized spacial score (nSPS) is 9.70. The first-order chi connectivity index (χ1) is 4.84. The average Bonchev–Trinajstić information content (AvgIpc) is 2.38. The van der Waals surface area contributed by atoms with Gasteiger partial charge in [0.1, 0.15) is 5.69 Å². The number of rotatable bonds is 3. The molecule has 0 spiro atoms. The van der Waals surface area contributed by atoms with E-state index in [4.69, 9.17) is 11.6 Å². The van der Waals surface area contributed by atoms with Crippen LogP contribution in [0.5, 0.6) is 0 Å². The summed E-state index contributed by atoms with van der Waals surface area (Å²) in [6.07, 6.45) is 0.340. The fraction of sp³-hybridized carbons (Fsp3) is 0.400. The second kappa shape index (κ2) is 3.63. The van der Waals surface area contributed by atoms with E-state index in [-0.39, 0.29) is 5.78 Å². The quantitative estimate of drug-likeness (QED) is 0.516. The third-order valence-electron chi connectivity index (χ3n) is 0.967. The lowest BCUT2D eigenvalue weighted by molar-refractivity contribution is 0.0984. The molecule has 1 heterocycles. The van der Waals surface area contributed by atoms with Gasteiger partial charge in [-0.2, -0.15) is 0 Å². The first-order valence-corrected chi connectivity index (χ1v) is 4.08. The first kappa shape index (κ1) is 7.63. The van der Waals surface area contributed by atoms with Crippen LogP contribution in [0.25, 0.3) is 0 Å². The molecular formula is C5H5ClN2OS. The van der Waals surface area contributed by atoms with Gasteiger partial charge in [-0.25, -0.2) is 0 Å². The van der Waals surface area contributed by atoms with Gasteiger partial charge in [0.05, 0.1) is 0 Å². The summed E-state index contributed by atoms with van der Waals surface area (Å²) < 4.78 is 3.55. The fourth-order valence-corrected chi connectivity index (χ4v) is 1.13. The van der Waals surface area contributed by atoms with Gasteiger partial charge in [-0.1, -0.05) is 4.49 Å². The van der Waals surface area contributed by atoms with E-state index in [1.165, 1.54) is 11.5 Å². The van der Waals surface area contributed by atoms with Gasteiger partial charge in [0.15, 0.2) is 5.78 Å². The molecule has 54 valence electrons. The highest BCUT2D eigenvalue weighted by Gasteiger charge is 2.06. The summed E-state index contributed by atoms with van der Waals surface area (Å²) in [6.45, 7) is 0. The van der Waals surface area contributed by atoms with E-state index in [1.54, 1.807) is 5.38 Å². The minimum absolute atomic E-state index is 0.0382. The van der Waals surface area contributed by atoms with Crippen molar-refractivity contribution in [3.05, 3.63) is 11.1 Å². The molecule has 1 rings (SSSR count). The van der Waals surface area contributed by atoms with Gasteiger partial charge in [0, 0.05) is 17.7 Å². The zero-order valence-corrected chi connectivity index (χ0v) is 6.65. The number of carbonyl (C=O) groups excluding carboxylic acids is 1. The van der Waals surface area contributed by atoms with Gasteiger partial charge >= 0.3 is 0 Å². The predicted octanol–water partition coefficient (Wildman–Crippen LogP) is 1.35. The molecule has 0 aliphatic heterocycles. The van der Waals surface area contributed by atoms with Crippen molar-refractivity contribution in [2.75, 3.05) is 5.88 Å². The van der Waals surface area contributed by atoms with Crippen LogP contribution in [0.15, 0.2) is 5.38 Å². The molecule has 0 amide bonds. The number of aromatic nitrogens is 2. The van der Waals surface area contributed by atoms with Crippen molar-refractivity contribution in [3.8, 4) is 0 Å². The molecule has 10 heavy (non-hydrogen) atoms. The molecule has 1 aromatic rings. The van der Waals surface area contributed by atoms with E-state index in [1.807, 2.05) is 0 Å². The number of Topliss-reactive ketones (excluding diaryl/α,β-unsaturated/α-hetero) is 1. The largest absolute Gasteiger partial charge is 0.292 e. The number of hydrogen-bond acceptors (Lipinski definition) is 4. The fourth-order valence-electron chi connectivity index (χ4n) is 0.500. The van der Waals surface area contributed by atoms with Crippen LogP contribution in [0.1, 0.15) is 16.9 Å². The number of halogens is 1. The summed E-state index contributed by atoms with van der Waals surface area (Å²) in [5.74, 6) is 0.305. The Kier molecular flexibility index (Phi) is 2.77. The van der Waals surface area contributed by atoms with E-state index in [0.717, 1.165) is 0 Å². The Hall–Kier alpha value is -0.480. The second-order valence-electron chi connectivity index (χ2n) is 1.65. The van der Waals surface area contributed by atoms with Crippen LogP contribution in [0.2, 0.25) is 0 Å². The molecule has 0 aliphatic carbocycles. The molecule has 5 heteroatoms. The van der Waals surface area contributed by atoms with Crippen LogP contribution in [0.4, 0.5) is 0 Å². The van der Waals surface area contributed by atoms with Crippen LogP contribution in [-0.4, -0.2) is 21.3 Å². The smallest absolute Gasteiger partial charge is 0.185 e. The number of carbonyl (C=O) groups is 1. The van der Waals surface area contributed by atoms with E-state index >= 15 is 0 Å². The summed E-state index contributed by atoms with van der Waals surface area (Å²) in [6, 6.07) is 0. The Bertz CT molecular complexity index is 211. The standard InChI is InChI=1S/C5H5ClN2OS/c6-2-1-5(9)4-3-10-8-7-4/h3H,1-2H2. The van der Waals surface area contributed by atoms with Crippen molar-refractivity contribution in [3.63, 3.8) is 0 Å². The Morgan fingerprint density at radius 1 is 1.80 bits per heavy atom. The van der Waals surface area contributed by atoms with Crippen molar-refractivity contribution in [1.29, 1.82) is 0 Å². The van der Waals surface area contributed by atoms with E-state index in [2.05, 4.69) is 9.59 Å². The Balaban J connectivity index is 2.59. The van der Waals surface area contributed by atoms with Crippen LogP contribution < -0.4 is 0 Å². The molecule has 0 bridgehead atoms. The minimum Gasteiger partial charge on any atom is -0.292 e. The molecule has 0 radical (unpaired) electrons. The molecule has 0 unspecified atom stereocenters. The highest BCUT2D eigenvalue weighted by atomic mass is 35.5. The van der Waals surface area contributed by atoms with Crippen molar-refractivity contribution < 1.29 is 4.79 Å². The zero-order chi connectivity index (χ0) is 7.40. The lowest BCUT2D eigenvalue weighted by atomic mass is 10.2. The lowest BCUT2D eigenvalue weighted by Crippen LogP contribution is -1.99. The Morgan fingerprint density at radius 3 is 3.10 bits per heavy atom. The summed E-state index contributed by atoms with van der Waals surface area (Å²) in [4.78, 5) is 10.9. The topological polar surface area (TPSA) is 42.9 Å². The maximum atomic E-state index is 10.9. The Labute approximate surface area is 67.2 Å². The lowest BCUT2D eigenvalue weighted by Gasteiger charge is -1.87. The van der Waals surface area contributed by atoms with Gasteiger partial charge in [-0.05, 0) is 11.5 Å². The number of hydrogen-bond donors (Lipinski definition) is 0. The second-order valence-corrected chi connectivity index (χ2v) is 2.64. The number of alkyl halides is 1. The van der Waals surface area contributed by atoms with Crippen molar-refractivity contribution in [1.82, 2.24) is 9.59 Å². The van der Waals surface area contributed by atoms with Crippen molar-refractivity contribution in [2.45, 2.75) is 6.42 Å². The molecule has 0 fully saturated rings. The highest BCUT2D eigenvalue weighted by Crippen LogP contribution is 2.01. The summed E-state index contributed by atoms with van der Waals surface area (Å²) >= 11 is 6.52. The van der Waals surface area contributed by atoms with Crippen LogP contribution >= 0.6 is 23.1 Å². The van der Waals surface area contributed by atoms with Crippen LogP contribution in [0.3, 0.4) is 0 Å². The van der Waals surface area contributed by atoms with Gasteiger partial charge in [0.2, 0.25) is 0 Å². The first-order valence-electron chi connectivity index (χ1n) is 2.71. The van der Waals surface area contributed by atoms with Crippen molar-refractivity contribution in [2.24, 2.45) is 0 Å².